The fraction of sp³-hybridized carbons (Fsp3) is 0.286. The molecule has 4 aromatic rings. The zero-order valence-electron chi connectivity index (χ0n) is 17.8. The van der Waals surface area contributed by atoms with Crippen LogP contribution in [0, 0.1) is 6.92 Å². The number of aliphatic hydroxyl groups excluding tert-OH is 1. The summed E-state index contributed by atoms with van der Waals surface area (Å²) in [4.78, 5) is 21.1. The molecule has 0 saturated carbocycles. The topological polar surface area (TPSA) is 138 Å². The average molecular weight is 454 g/mol. The van der Waals surface area contributed by atoms with Crippen molar-refractivity contribution in [2.75, 3.05) is 23.8 Å². The Bertz CT molecular complexity index is 1250. The molecule has 0 aliphatic carbocycles. The van der Waals surface area contributed by atoms with Crippen LogP contribution in [0.2, 0.25) is 0 Å². The van der Waals surface area contributed by atoms with Crippen LogP contribution in [0.1, 0.15) is 30.1 Å². The number of pyridine rings is 1. The first-order valence-electron chi connectivity index (χ1n) is 10.1. The van der Waals surface area contributed by atoms with E-state index in [1.54, 1.807) is 13.1 Å². The van der Waals surface area contributed by atoms with E-state index >= 15 is 0 Å². The van der Waals surface area contributed by atoms with Gasteiger partial charge < -0.3 is 25.5 Å². The van der Waals surface area contributed by atoms with Crippen molar-refractivity contribution in [1.29, 1.82) is 0 Å². The third kappa shape index (κ3) is 4.68. The highest BCUT2D eigenvalue weighted by molar-refractivity contribution is 7.00. The molecule has 4 rings (SSSR count). The van der Waals surface area contributed by atoms with Crippen LogP contribution in [0.3, 0.4) is 0 Å². The fourth-order valence-corrected chi connectivity index (χ4v) is 3.63. The Morgan fingerprint density at radius 2 is 2.03 bits per heavy atom. The molecular formula is C21H23N7O3S. The molecule has 32 heavy (non-hydrogen) atoms. The van der Waals surface area contributed by atoms with E-state index in [4.69, 9.17) is 9.52 Å². The van der Waals surface area contributed by atoms with Gasteiger partial charge >= 0.3 is 0 Å². The van der Waals surface area contributed by atoms with Gasteiger partial charge in [0.25, 0.3) is 5.91 Å². The molecule has 0 bridgehead atoms. The zero-order chi connectivity index (χ0) is 22.7. The van der Waals surface area contributed by atoms with Crippen molar-refractivity contribution in [1.82, 2.24) is 24.0 Å². The number of hydrogen-bond donors (Lipinski definition) is 4. The van der Waals surface area contributed by atoms with E-state index in [0.717, 1.165) is 22.4 Å². The predicted octanol–water partition coefficient (Wildman–Crippen LogP) is 3.34. The van der Waals surface area contributed by atoms with Crippen LogP contribution in [0.4, 0.5) is 17.2 Å². The number of oxazole rings is 1. The van der Waals surface area contributed by atoms with E-state index < -0.39 is 5.91 Å². The monoisotopic (exact) mass is 453 g/mol. The Balaban J connectivity index is 1.64. The van der Waals surface area contributed by atoms with Crippen molar-refractivity contribution in [3.8, 4) is 11.5 Å². The normalized spacial score (nSPS) is 11.2. The molecule has 0 aliphatic heterocycles. The summed E-state index contributed by atoms with van der Waals surface area (Å²) >= 11 is 1.17. The quantitative estimate of drug-likeness (QED) is 0.316. The summed E-state index contributed by atoms with van der Waals surface area (Å²) in [6, 6.07) is 7.75. The molecule has 4 N–H and O–H groups in total. The smallest absolute Gasteiger partial charge is 0.273 e. The van der Waals surface area contributed by atoms with E-state index in [-0.39, 0.29) is 30.8 Å². The maximum Gasteiger partial charge on any atom is 0.273 e. The van der Waals surface area contributed by atoms with Crippen molar-refractivity contribution in [3.63, 3.8) is 0 Å². The van der Waals surface area contributed by atoms with Crippen LogP contribution in [0.25, 0.3) is 22.5 Å². The third-order valence-corrected chi connectivity index (χ3v) is 5.07. The van der Waals surface area contributed by atoms with Crippen LogP contribution in [0.15, 0.2) is 34.9 Å². The predicted molar refractivity (Wildman–Crippen MR) is 123 cm³/mol. The van der Waals surface area contributed by atoms with Crippen LogP contribution in [0.5, 0.6) is 0 Å². The Kier molecular flexibility index (Phi) is 6.28. The number of aromatic nitrogens is 4. The van der Waals surface area contributed by atoms with Gasteiger partial charge in [-0.05, 0) is 39.0 Å². The maximum atomic E-state index is 12.3. The van der Waals surface area contributed by atoms with Gasteiger partial charge in [0.2, 0.25) is 5.89 Å². The molecule has 3 aromatic heterocycles. The van der Waals surface area contributed by atoms with Crippen LogP contribution >= 0.6 is 11.7 Å². The number of carbonyl (C=O) groups excluding carboxylic acids is 1. The summed E-state index contributed by atoms with van der Waals surface area (Å²) in [5.41, 5.74) is 4.08. The Hall–Kier alpha value is -3.57. The standard InChI is InChI=1S/C21H23N7O3S/c1-11(2)24-16-9-18(25-13-4-5-15-17(8-13)28-32-27-15)23-10-14(16)21-26-19(12(3)31-21)20(30)22-6-7-29/h4-5,8-11,29H,6-7H2,1-3H3,(H,22,30)(H2,23,24,25). The van der Waals surface area contributed by atoms with Crippen LogP contribution in [-0.2, 0) is 0 Å². The number of aliphatic hydroxyl groups is 1. The average Bonchev–Trinajstić information content (AvgIpc) is 3.38. The highest BCUT2D eigenvalue weighted by Crippen LogP contribution is 2.32. The summed E-state index contributed by atoms with van der Waals surface area (Å²) in [5.74, 6) is 0.902. The van der Waals surface area contributed by atoms with Gasteiger partial charge in [-0.1, -0.05) is 0 Å². The van der Waals surface area contributed by atoms with Crippen LogP contribution in [-0.4, -0.2) is 48.9 Å². The minimum atomic E-state index is -0.400. The third-order valence-electron chi connectivity index (χ3n) is 4.51. The second kappa shape index (κ2) is 9.28. The van der Waals surface area contributed by atoms with E-state index in [9.17, 15) is 4.79 Å². The van der Waals surface area contributed by atoms with Crippen molar-refractivity contribution >= 4 is 45.9 Å². The highest BCUT2D eigenvalue weighted by atomic mass is 32.1. The Labute approximate surface area is 188 Å². The summed E-state index contributed by atoms with van der Waals surface area (Å²) in [7, 11) is 0. The molecule has 0 saturated heterocycles. The molecule has 0 unspecified atom stereocenters. The number of amides is 1. The number of aryl methyl sites for hydroxylation is 1. The second-order valence-electron chi connectivity index (χ2n) is 7.41. The molecule has 11 heteroatoms. The fourth-order valence-electron chi connectivity index (χ4n) is 3.11. The molecule has 10 nitrogen and oxygen atoms in total. The van der Waals surface area contributed by atoms with E-state index in [1.807, 2.05) is 38.1 Å². The number of nitrogens with one attached hydrogen (secondary N) is 3. The van der Waals surface area contributed by atoms with Crippen molar-refractivity contribution in [2.24, 2.45) is 0 Å². The van der Waals surface area contributed by atoms with Gasteiger partial charge in [0.15, 0.2) is 5.69 Å². The first-order valence-corrected chi connectivity index (χ1v) is 10.8. The molecule has 0 atom stereocenters. The number of benzene rings is 1. The number of fused-ring (bicyclic) bond motifs is 1. The molecule has 0 spiro atoms. The lowest BCUT2D eigenvalue weighted by molar-refractivity contribution is 0.0939. The molecule has 1 amide bonds. The van der Waals surface area contributed by atoms with Crippen molar-refractivity contribution < 1.29 is 14.3 Å². The minimum Gasteiger partial charge on any atom is -0.440 e. The van der Waals surface area contributed by atoms with Crippen LogP contribution < -0.4 is 16.0 Å². The molecule has 166 valence electrons. The van der Waals surface area contributed by atoms with Crippen molar-refractivity contribution in [2.45, 2.75) is 26.8 Å². The molecular weight excluding hydrogens is 430 g/mol. The summed E-state index contributed by atoms with van der Waals surface area (Å²) in [6.07, 6.45) is 1.65. The Morgan fingerprint density at radius 1 is 1.22 bits per heavy atom. The summed E-state index contributed by atoms with van der Waals surface area (Å²) in [6.45, 7) is 5.71. The van der Waals surface area contributed by atoms with Gasteiger partial charge in [-0.25, -0.2) is 9.97 Å². The number of carbonyl (C=O) groups is 1. The largest absolute Gasteiger partial charge is 0.440 e. The first kappa shape index (κ1) is 21.7. The lowest BCUT2D eigenvalue weighted by Crippen LogP contribution is -2.27. The summed E-state index contributed by atoms with van der Waals surface area (Å²) in [5, 5.41) is 18.2. The van der Waals surface area contributed by atoms with Gasteiger partial charge in [0.1, 0.15) is 22.6 Å². The molecule has 1 aromatic carbocycles. The zero-order valence-corrected chi connectivity index (χ0v) is 18.7. The van der Waals surface area contributed by atoms with Gasteiger partial charge in [0, 0.05) is 30.5 Å². The van der Waals surface area contributed by atoms with E-state index in [2.05, 4.69) is 34.7 Å². The second-order valence-corrected chi connectivity index (χ2v) is 7.94. The van der Waals surface area contributed by atoms with E-state index in [0.29, 0.717) is 17.1 Å². The molecule has 0 radical (unpaired) electrons. The van der Waals surface area contributed by atoms with Gasteiger partial charge in [-0.2, -0.15) is 8.75 Å². The van der Waals surface area contributed by atoms with E-state index in [1.165, 1.54) is 11.7 Å². The lowest BCUT2D eigenvalue weighted by atomic mass is 10.2. The lowest BCUT2D eigenvalue weighted by Gasteiger charge is -2.15. The van der Waals surface area contributed by atoms with Crippen molar-refractivity contribution in [3.05, 3.63) is 41.9 Å². The molecule has 0 fully saturated rings. The number of rotatable bonds is 8. The highest BCUT2D eigenvalue weighted by Gasteiger charge is 2.20. The number of anilines is 3. The maximum absolute atomic E-state index is 12.3. The first-order chi connectivity index (χ1) is 15.4. The van der Waals surface area contributed by atoms with Gasteiger partial charge in [-0.15, -0.1) is 0 Å². The number of hydrogen-bond acceptors (Lipinski definition) is 10. The summed E-state index contributed by atoms with van der Waals surface area (Å²) < 4.78 is 14.3. The SMILES string of the molecule is Cc1oc(-c2cnc(Nc3ccc4nsnc4c3)cc2NC(C)C)nc1C(=O)NCCO. The molecule has 0 aliphatic rings. The minimum absolute atomic E-state index is 0.143. The van der Waals surface area contributed by atoms with Gasteiger partial charge in [-0.3, -0.25) is 4.79 Å². The van der Waals surface area contributed by atoms with Gasteiger partial charge in [0.05, 0.1) is 29.6 Å². The molecule has 3 heterocycles. The Morgan fingerprint density at radius 3 is 2.81 bits per heavy atom. The number of nitrogens with zero attached hydrogens (tertiary/aromatic N) is 4.